The Morgan fingerprint density at radius 3 is 2.41 bits per heavy atom. The third-order valence-electron chi connectivity index (χ3n) is 5.58. The van der Waals surface area contributed by atoms with Crippen molar-refractivity contribution >= 4 is 6.16 Å². The summed E-state index contributed by atoms with van der Waals surface area (Å²) in [6.45, 7) is 9.71. The van der Waals surface area contributed by atoms with E-state index >= 15 is 0 Å². The van der Waals surface area contributed by atoms with Gasteiger partial charge in [-0.1, -0.05) is 12.1 Å². The van der Waals surface area contributed by atoms with Crippen molar-refractivity contribution in [3.05, 3.63) is 41.1 Å². The Balaban J connectivity index is 1.94. The minimum absolute atomic E-state index is 0.0615. The molecule has 1 aliphatic heterocycles. The Bertz CT molecular complexity index is 1150. The van der Waals surface area contributed by atoms with E-state index in [-0.39, 0.29) is 29.7 Å². The fourth-order valence-electron chi connectivity index (χ4n) is 3.78. The molecule has 1 aromatic heterocycles. The predicted octanol–water partition coefficient (Wildman–Crippen LogP) is 2.51. The van der Waals surface area contributed by atoms with Gasteiger partial charge in [-0.15, -0.1) is 5.10 Å². The molecule has 0 unspecified atom stereocenters. The summed E-state index contributed by atoms with van der Waals surface area (Å²) in [6.07, 6.45) is -12.3. The summed E-state index contributed by atoms with van der Waals surface area (Å²) < 4.78 is 54.1. The third kappa shape index (κ3) is 7.13. The summed E-state index contributed by atoms with van der Waals surface area (Å²) in [5.41, 5.74) is 0.766. The molecule has 2 aromatic rings. The fourth-order valence-corrected chi connectivity index (χ4v) is 3.78. The van der Waals surface area contributed by atoms with Crippen LogP contribution >= 0.6 is 0 Å². The van der Waals surface area contributed by atoms with Crippen LogP contribution in [0.5, 0.6) is 11.6 Å². The van der Waals surface area contributed by atoms with Crippen molar-refractivity contribution in [2.24, 2.45) is 0 Å². The van der Waals surface area contributed by atoms with Crippen molar-refractivity contribution in [3.8, 4) is 11.6 Å². The van der Waals surface area contributed by atoms with E-state index in [0.717, 1.165) is 0 Å². The summed E-state index contributed by atoms with van der Waals surface area (Å²) in [5, 5.41) is 35.8. The Labute approximate surface area is 221 Å². The van der Waals surface area contributed by atoms with Crippen LogP contribution < -0.4 is 9.47 Å². The van der Waals surface area contributed by atoms with E-state index in [0.29, 0.717) is 11.4 Å². The SMILES string of the molecule is [2H]C(C)(C)Oc1ccc(C([2H])([2H])c2c(O[C@@H]3O[C@H](COC(=O)OCC)[C@@H](O)[C@H](O)[C@H]3O)nn(C(C)C)c2C)cc1. The average molecular weight is 526 g/mol. The lowest BCUT2D eigenvalue weighted by molar-refractivity contribution is -0.278. The first-order chi connectivity index (χ1) is 18.6. The number of carbonyl (C=O) groups is 1. The lowest BCUT2D eigenvalue weighted by Crippen LogP contribution is -2.60. The molecule has 1 saturated heterocycles. The summed E-state index contributed by atoms with van der Waals surface area (Å²) >= 11 is 0. The maximum atomic E-state index is 11.6. The molecule has 1 aromatic carbocycles. The average Bonchev–Trinajstić information content (AvgIpc) is 3.19. The number of nitrogens with zero attached hydrogens (tertiary/aromatic N) is 2. The van der Waals surface area contributed by atoms with Crippen molar-refractivity contribution in [2.45, 2.75) is 90.7 Å². The molecule has 37 heavy (non-hydrogen) atoms. The molecule has 206 valence electrons. The summed E-state index contributed by atoms with van der Waals surface area (Å²) in [5.74, 6) is 0.203. The highest BCUT2D eigenvalue weighted by Gasteiger charge is 2.46. The zero-order valence-electron chi connectivity index (χ0n) is 24.9. The van der Waals surface area contributed by atoms with E-state index in [1.165, 1.54) is 12.1 Å². The van der Waals surface area contributed by atoms with Gasteiger partial charge in [-0.3, -0.25) is 4.68 Å². The number of aliphatic hydroxyl groups is 3. The van der Waals surface area contributed by atoms with Crippen molar-refractivity contribution < 1.29 is 47.9 Å². The summed E-state index contributed by atoms with van der Waals surface area (Å²) in [7, 11) is 0. The maximum absolute atomic E-state index is 11.6. The second kappa shape index (κ2) is 12.6. The molecule has 11 nitrogen and oxygen atoms in total. The number of rotatable bonds is 10. The Kier molecular flexibility index (Phi) is 8.33. The molecule has 0 amide bonds. The van der Waals surface area contributed by atoms with Gasteiger partial charge in [0.2, 0.25) is 12.2 Å². The lowest BCUT2D eigenvalue weighted by Gasteiger charge is -2.39. The molecule has 0 saturated carbocycles. The molecule has 0 radical (unpaired) electrons. The Morgan fingerprint density at radius 1 is 1.14 bits per heavy atom. The number of benzene rings is 1. The van der Waals surface area contributed by atoms with Crippen LogP contribution in [0.4, 0.5) is 4.79 Å². The van der Waals surface area contributed by atoms with Gasteiger partial charge in [-0.05, 0) is 59.2 Å². The predicted molar refractivity (Wildman–Crippen MR) is 133 cm³/mol. The van der Waals surface area contributed by atoms with Crippen LogP contribution in [-0.2, 0) is 20.6 Å². The van der Waals surface area contributed by atoms with E-state index < -0.39 is 55.9 Å². The Hall–Kier alpha value is -2.86. The Morgan fingerprint density at radius 2 is 1.81 bits per heavy atom. The van der Waals surface area contributed by atoms with E-state index in [9.17, 15) is 20.1 Å². The van der Waals surface area contributed by atoms with Gasteiger partial charge >= 0.3 is 6.16 Å². The molecule has 3 rings (SSSR count). The highest BCUT2D eigenvalue weighted by Crippen LogP contribution is 2.31. The highest BCUT2D eigenvalue weighted by molar-refractivity contribution is 5.59. The van der Waals surface area contributed by atoms with E-state index in [2.05, 4.69) is 5.10 Å². The smallest absolute Gasteiger partial charge is 0.491 e. The van der Waals surface area contributed by atoms with E-state index in [1.54, 1.807) is 44.5 Å². The first kappa shape index (κ1) is 24.5. The molecule has 11 heteroatoms. The first-order valence-corrected chi connectivity index (χ1v) is 12.1. The van der Waals surface area contributed by atoms with Crippen LogP contribution in [0.2, 0.25) is 0 Å². The van der Waals surface area contributed by atoms with Crippen LogP contribution in [0.1, 0.15) is 61.6 Å². The minimum atomic E-state index is -2.15. The molecular formula is C26H38N2O9. The van der Waals surface area contributed by atoms with Gasteiger partial charge in [-0.25, -0.2) is 4.79 Å². The largest absolute Gasteiger partial charge is 0.508 e. The quantitative estimate of drug-likeness (QED) is 0.396. The van der Waals surface area contributed by atoms with Crippen molar-refractivity contribution in [3.63, 3.8) is 0 Å². The minimum Gasteiger partial charge on any atom is -0.491 e. The van der Waals surface area contributed by atoms with Gasteiger partial charge in [0, 0.05) is 26.4 Å². The third-order valence-corrected chi connectivity index (χ3v) is 5.58. The highest BCUT2D eigenvalue weighted by atomic mass is 16.7. The number of ether oxygens (including phenoxy) is 5. The van der Waals surface area contributed by atoms with E-state index in [1.807, 2.05) is 13.8 Å². The number of carbonyl (C=O) groups excluding carboxylic acids is 1. The van der Waals surface area contributed by atoms with Crippen molar-refractivity contribution in [1.29, 1.82) is 0 Å². The number of hydrogen-bond acceptors (Lipinski definition) is 10. The van der Waals surface area contributed by atoms with Gasteiger partial charge in [0.15, 0.2) is 0 Å². The van der Waals surface area contributed by atoms with Gasteiger partial charge in [0.05, 0.1) is 14.1 Å². The molecule has 1 fully saturated rings. The van der Waals surface area contributed by atoms with Gasteiger partial charge in [0.1, 0.15) is 36.8 Å². The fraction of sp³-hybridized carbons (Fsp3) is 0.615. The van der Waals surface area contributed by atoms with Crippen molar-refractivity contribution in [2.75, 3.05) is 13.2 Å². The second-order valence-electron chi connectivity index (χ2n) is 9.09. The van der Waals surface area contributed by atoms with E-state index in [4.69, 9.17) is 27.8 Å². The topological polar surface area (TPSA) is 142 Å². The zero-order valence-corrected chi connectivity index (χ0v) is 21.9. The normalized spacial score (nSPS) is 25.7. The lowest BCUT2D eigenvalue weighted by atomic mass is 9.99. The molecule has 0 bridgehead atoms. The first-order valence-electron chi connectivity index (χ1n) is 13.6. The molecule has 0 spiro atoms. The van der Waals surface area contributed by atoms with Crippen LogP contribution in [0.3, 0.4) is 0 Å². The van der Waals surface area contributed by atoms with Crippen LogP contribution in [0.25, 0.3) is 0 Å². The van der Waals surface area contributed by atoms with Crippen molar-refractivity contribution in [1.82, 2.24) is 9.78 Å². The number of aromatic nitrogens is 2. The summed E-state index contributed by atoms with van der Waals surface area (Å²) in [4.78, 5) is 11.6. The monoisotopic (exact) mass is 525 g/mol. The van der Waals surface area contributed by atoms with Crippen LogP contribution in [0.15, 0.2) is 24.3 Å². The molecule has 3 N–H and O–H groups in total. The number of aliphatic hydroxyl groups excluding tert-OH is 3. The molecule has 5 atom stereocenters. The van der Waals surface area contributed by atoms with Crippen LogP contribution in [0, 0.1) is 6.92 Å². The summed E-state index contributed by atoms with van der Waals surface area (Å²) in [6, 6.07) is 6.01. The maximum Gasteiger partial charge on any atom is 0.508 e. The molecule has 2 heterocycles. The van der Waals surface area contributed by atoms with Crippen LogP contribution in [-0.4, -0.2) is 81.3 Å². The van der Waals surface area contributed by atoms with Gasteiger partial charge in [0.25, 0.3) is 0 Å². The second-order valence-corrected chi connectivity index (χ2v) is 9.09. The number of hydrogen-bond donors (Lipinski definition) is 3. The standard InChI is InChI=1S/C26H38N2O9/c1-7-33-26(32)34-13-20-21(29)22(30)23(31)25(36-20)37-24-19(16(6)28(27-24)14(2)3)12-17-8-10-18(11-9-17)35-15(4)5/h8-11,14-15,20-23,25,29-31H,7,12-13H2,1-6H3/t20-,21-,22+,23-,25+/m1/s1/i12D2,15D. The molecular weight excluding hydrogens is 484 g/mol. The zero-order chi connectivity index (χ0) is 30.0. The van der Waals surface area contributed by atoms with Gasteiger partial charge < -0.3 is 39.0 Å². The molecule has 1 aliphatic rings. The van der Waals surface area contributed by atoms with Gasteiger partial charge in [-0.2, -0.15) is 0 Å². The molecule has 0 aliphatic carbocycles.